The predicted molar refractivity (Wildman–Crippen MR) is 91.4 cm³/mol. The fraction of sp³-hybridized carbons (Fsp3) is 0.300. The van der Waals surface area contributed by atoms with Crippen LogP contribution in [0.25, 0.3) is 12.2 Å². The number of rotatable bonds is 5. The van der Waals surface area contributed by atoms with Gasteiger partial charge in [0, 0.05) is 5.92 Å². The van der Waals surface area contributed by atoms with Crippen molar-refractivity contribution in [1.29, 1.82) is 0 Å². The number of benzene rings is 2. The first-order valence-electron chi connectivity index (χ1n) is 7.97. The van der Waals surface area contributed by atoms with Crippen LogP contribution in [0.15, 0.2) is 48.5 Å². The Morgan fingerprint density at radius 2 is 1.43 bits per heavy atom. The number of hydrogen-bond donors (Lipinski definition) is 1. The molecule has 0 atom stereocenters. The molecule has 21 heavy (non-hydrogen) atoms. The minimum absolute atomic E-state index is 0.506. The van der Waals surface area contributed by atoms with Gasteiger partial charge in [0.2, 0.25) is 0 Å². The lowest BCUT2D eigenvalue weighted by Gasteiger charge is -2.20. The van der Waals surface area contributed by atoms with Crippen molar-refractivity contribution in [2.75, 3.05) is 13.1 Å². The quantitative estimate of drug-likeness (QED) is 0.782. The molecule has 108 valence electrons. The summed E-state index contributed by atoms with van der Waals surface area (Å²) >= 11 is 0. The van der Waals surface area contributed by atoms with E-state index in [4.69, 9.17) is 0 Å². The Morgan fingerprint density at radius 1 is 0.857 bits per heavy atom. The Morgan fingerprint density at radius 3 is 2.00 bits per heavy atom. The van der Waals surface area contributed by atoms with Gasteiger partial charge in [0.15, 0.2) is 0 Å². The van der Waals surface area contributed by atoms with Crippen LogP contribution in [-0.4, -0.2) is 13.1 Å². The molecule has 3 rings (SSSR count). The summed E-state index contributed by atoms with van der Waals surface area (Å²) in [6, 6.07) is 17.6. The normalized spacial score (nSPS) is 13.6. The van der Waals surface area contributed by atoms with Crippen LogP contribution in [0.5, 0.6) is 0 Å². The first-order chi connectivity index (χ1) is 10.4. The molecule has 0 aliphatic heterocycles. The summed E-state index contributed by atoms with van der Waals surface area (Å²) < 4.78 is 0. The van der Waals surface area contributed by atoms with Gasteiger partial charge >= 0.3 is 0 Å². The van der Waals surface area contributed by atoms with Crippen LogP contribution < -0.4 is 5.32 Å². The summed E-state index contributed by atoms with van der Waals surface area (Å²) in [6.45, 7) is 4.32. The molecule has 0 unspecified atom stereocenters. The second kappa shape index (κ2) is 6.73. The lowest BCUT2D eigenvalue weighted by atomic mass is 9.84. The maximum atomic E-state index is 3.44. The Balaban J connectivity index is 1.94. The molecule has 0 radical (unpaired) electrons. The Kier molecular flexibility index (Phi) is 4.52. The van der Waals surface area contributed by atoms with E-state index in [1.165, 1.54) is 35.1 Å². The summed E-state index contributed by atoms with van der Waals surface area (Å²) in [4.78, 5) is 0. The average Bonchev–Trinajstić information content (AvgIpc) is 2.69. The molecule has 0 aromatic heterocycles. The van der Waals surface area contributed by atoms with Gasteiger partial charge in [-0.2, -0.15) is 0 Å². The molecule has 0 saturated carbocycles. The van der Waals surface area contributed by atoms with E-state index >= 15 is 0 Å². The number of nitrogens with one attached hydrogen (secondary N) is 1. The van der Waals surface area contributed by atoms with E-state index in [0.29, 0.717) is 5.92 Å². The van der Waals surface area contributed by atoms with Crippen molar-refractivity contribution >= 4 is 12.2 Å². The largest absolute Gasteiger partial charge is 0.317 e. The molecule has 2 aromatic rings. The smallest absolute Gasteiger partial charge is 0.0102 e. The standard InChI is InChI=1S/C20H23N/c1-2-21-15-7-12-20-18-10-5-3-8-16(18)13-14-17-9-4-6-11-19(17)20/h3-6,8-11,13-14,20-21H,2,7,12,15H2,1H3. The fourth-order valence-corrected chi connectivity index (χ4v) is 3.23. The van der Waals surface area contributed by atoms with Crippen molar-refractivity contribution in [3.05, 3.63) is 70.8 Å². The number of fused-ring (bicyclic) bond motifs is 2. The van der Waals surface area contributed by atoms with E-state index < -0.39 is 0 Å². The Hall–Kier alpha value is -1.86. The second-order valence-electron chi connectivity index (χ2n) is 5.64. The van der Waals surface area contributed by atoms with Gasteiger partial charge in [-0.3, -0.25) is 0 Å². The van der Waals surface area contributed by atoms with Crippen molar-refractivity contribution in [1.82, 2.24) is 5.32 Å². The fourth-order valence-electron chi connectivity index (χ4n) is 3.23. The zero-order valence-electron chi connectivity index (χ0n) is 12.7. The minimum Gasteiger partial charge on any atom is -0.317 e. The molecular formula is C20H23N. The van der Waals surface area contributed by atoms with E-state index in [0.717, 1.165) is 13.1 Å². The highest BCUT2D eigenvalue weighted by atomic mass is 14.8. The SMILES string of the molecule is CCNCCCC1c2ccccc2C=Cc2ccccc21. The van der Waals surface area contributed by atoms with Crippen molar-refractivity contribution in [3.8, 4) is 0 Å². The van der Waals surface area contributed by atoms with E-state index in [2.05, 4.69) is 72.9 Å². The van der Waals surface area contributed by atoms with E-state index in [1.54, 1.807) is 0 Å². The summed E-state index contributed by atoms with van der Waals surface area (Å²) in [5.74, 6) is 0.506. The van der Waals surface area contributed by atoms with Crippen molar-refractivity contribution in [3.63, 3.8) is 0 Å². The first-order valence-corrected chi connectivity index (χ1v) is 7.97. The predicted octanol–water partition coefficient (Wildman–Crippen LogP) is 4.69. The van der Waals surface area contributed by atoms with Crippen LogP contribution in [0, 0.1) is 0 Å². The Bertz CT molecular complexity index is 578. The maximum absolute atomic E-state index is 3.44. The molecule has 2 aromatic carbocycles. The second-order valence-corrected chi connectivity index (χ2v) is 5.64. The van der Waals surface area contributed by atoms with Gasteiger partial charge in [0.25, 0.3) is 0 Å². The molecule has 1 nitrogen and oxygen atoms in total. The average molecular weight is 277 g/mol. The maximum Gasteiger partial charge on any atom is 0.0102 e. The molecule has 1 heteroatoms. The molecule has 0 fully saturated rings. The van der Waals surface area contributed by atoms with E-state index in [-0.39, 0.29) is 0 Å². The molecule has 1 aliphatic rings. The molecule has 1 aliphatic carbocycles. The Labute approximate surface area is 127 Å². The van der Waals surface area contributed by atoms with Crippen molar-refractivity contribution in [2.45, 2.75) is 25.7 Å². The lowest BCUT2D eigenvalue weighted by Crippen LogP contribution is -2.15. The third kappa shape index (κ3) is 3.08. The summed E-state index contributed by atoms with van der Waals surface area (Å²) in [6.07, 6.45) is 6.93. The van der Waals surface area contributed by atoms with Gasteiger partial charge in [-0.15, -0.1) is 0 Å². The third-order valence-corrected chi connectivity index (χ3v) is 4.28. The van der Waals surface area contributed by atoms with Crippen LogP contribution in [-0.2, 0) is 0 Å². The molecule has 0 bridgehead atoms. The topological polar surface area (TPSA) is 12.0 Å². The van der Waals surface area contributed by atoms with E-state index in [1.807, 2.05) is 0 Å². The molecule has 0 amide bonds. The van der Waals surface area contributed by atoms with E-state index in [9.17, 15) is 0 Å². The summed E-state index contributed by atoms with van der Waals surface area (Å²) in [5.41, 5.74) is 5.66. The van der Waals surface area contributed by atoms with Gasteiger partial charge in [0.05, 0.1) is 0 Å². The molecular weight excluding hydrogens is 254 g/mol. The zero-order chi connectivity index (χ0) is 14.5. The lowest BCUT2D eigenvalue weighted by molar-refractivity contribution is 0.605. The van der Waals surface area contributed by atoms with Crippen LogP contribution in [0.1, 0.15) is 47.9 Å². The van der Waals surface area contributed by atoms with Crippen LogP contribution in [0.4, 0.5) is 0 Å². The zero-order valence-corrected chi connectivity index (χ0v) is 12.7. The van der Waals surface area contributed by atoms with Gasteiger partial charge in [-0.25, -0.2) is 0 Å². The van der Waals surface area contributed by atoms with Gasteiger partial charge < -0.3 is 5.32 Å². The minimum atomic E-state index is 0.506. The van der Waals surface area contributed by atoms with Crippen molar-refractivity contribution < 1.29 is 0 Å². The third-order valence-electron chi connectivity index (χ3n) is 4.28. The number of hydrogen-bond acceptors (Lipinski definition) is 1. The van der Waals surface area contributed by atoms with Crippen molar-refractivity contribution in [2.24, 2.45) is 0 Å². The highest BCUT2D eigenvalue weighted by molar-refractivity contribution is 5.76. The molecule has 0 spiro atoms. The van der Waals surface area contributed by atoms with Crippen LogP contribution in [0.3, 0.4) is 0 Å². The monoisotopic (exact) mass is 277 g/mol. The van der Waals surface area contributed by atoms with Gasteiger partial charge in [-0.05, 0) is 48.2 Å². The van der Waals surface area contributed by atoms with Crippen LogP contribution in [0.2, 0.25) is 0 Å². The summed E-state index contributed by atoms with van der Waals surface area (Å²) in [7, 11) is 0. The van der Waals surface area contributed by atoms with Gasteiger partial charge in [-0.1, -0.05) is 67.6 Å². The highest BCUT2D eigenvalue weighted by Gasteiger charge is 2.20. The molecule has 0 saturated heterocycles. The summed E-state index contributed by atoms with van der Waals surface area (Å²) in [5, 5.41) is 3.44. The molecule has 0 heterocycles. The molecule has 1 N–H and O–H groups in total. The highest BCUT2D eigenvalue weighted by Crippen LogP contribution is 2.37. The van der Waals surface area contributed by atoms with Crippen LogP contribution >= 0.6 is 0 Å². The first kappa shape index (κ1) is 14.1. The van der Waals surface area contributed by atoms with Gasteiger partial charge in [0.1, 0.15) is 0 Å².